The maximum absolute atomic E-state index is 5.38. The standard InChI is InChI=1S/C18H16N4O2/c1-11-5-3-6-13-9-15(18-20-12(2)24-22-18)17(21-16(11)13)19-10-14-7-4-8-23-14/h3-9H,10H2,1-2H3,(H,19,21). The first-order chi connectivity index (χ1) is 11.7. The monoisotopic (exact) mass is 320 g/mol. The minimum atomic E-state index is 0.519. The summed E-state index contributed by atoms with van der Waals surface area (Å²) in [4.78, 5) is 9.12. The molecule has 0 saturated carbocycles. The summed E-state index contributed by atoms with van der Waals surface area (Å²) < 4.78 is 10.5. The summed E-state index contributed by atoms with van der Waals surface area (Å²) in [5, 5.41) is 8.39. The van der Waals surface area contributed by atoms with E-state index in [9.17, 15) is 0 Å². The Bertz CT molecular complexity index is 990. The van der Waals surface area contributed by atoms with Gasteiger partial charge in [-0.05, 0) is 30.7 Å². The molecule has 0 spiro atoms. The number of nitrogens with one attached hydrogen (secondary N) is 1. The highest BCUT2D eigenvalue weighted by atomic mass is 16.5. The molecule has 120 valence electrons. The van der Waals surface area contributed by atoms with Gasteiger partial charge in [-0.25, -0.2) is 4.98 Å². The summed E-state index contributed by atoms with van der Waals surface area (Å²) in [5.74, 6) is 2.57. The van der Waals surface area contributed by atoms with E-state index >= 15 is 0 Å². The Morgan fingerprint density at radius 1 is 1.08 bits per heavy atom. The van der Waals surface area contributed by atoms with Crippen molar-refractivity contribution >= 4 is 16.7 Å². The zero-order valence-corrected chi connectivity index (χ0v) is 13.4. The van der Waals surface area contributed by atoms with Crippen LogP contribution in [-0.4, -0.2) is 15.1 Å². The largest absolute Gasteiger partial charge is 0.467 e. The lowest BCUT2D eigenvalue weighted by Crippen LogP contribution is -2.03. The van der Waals surface area contributed by atoms with Crippen molar-refractivity contribution in [3.63, 3.8) is 0 Å². The third-order valence-electron chi connectivity index (χ3n) is 3.83. The number of fused-ring (bicyclic) bond motifs is 1. The number of furan rings is 1. The average Bonchev–Trinajstić information content (AvgIpc) is 3.24. The summed E-state index contributed by atoms with van der Waals surface area (Å²) in [5.41, 5.74) is 2.87. The SMILES string of the molecule is Cc1nc(-c2cc3cccc(C)c3nc2NCc2ccco2)no1. The fraction of sp³-hybridized carbons (Fsp3) is 0.167. The molecule has 0 bridgehead atoms. The summed E-state index contributed by atoms with van der Waals surface area (Å²) >= 11 is 0. The van der Waals surface area contributed by atoms with E-state index in [0.717, 1.165) is 27.8 Å². The molecule has 0 radical (unpaired) electrons. The molecule has 0 saturated heterocycles. The number of hydrogen-bond donors (Lipinski definition) is 1. The van der Waals surface area contributed by atoms with Crippen molar-refractivity contribution in [3.05, 3.63) is 59.9 Å². The number of nitrogens with zero attached hydrogens (tertiary/aromatic N) is 3. The number of hydrogen-bond acceptors (Lipinski definition) is 6. The molecule has 0 atom stereocenters. The van der Waals surface area contributed by atoms with Crippen molar-refractivity contribution in [1.29, 1.82) is 0 Å². The van der Waals surface area contributed by atoms with Crippen LogP contribution in [0.4, 0.5) is 5.82 Å². The second-order valence-corrected chi connectivity index (χ2v) is 5.60. The van der Waals surface area contributed by atoms with Crippen LogP contribution in [-0.2, 0) is 6.54 Å². The number of para-hydroxylation sites is 1. The Morgan fingerprint density at radius 3 is 2.75 bits per heavy atom. The highest BCUT2D eigenvalue weighted by Crippen LogP contribution is 2.29. The lowest BCUT2D eigenvalue weighted by Gasteiger charge is -2.11. The van der Waals surface area contributed by atoms with Gasteiger partial charge < -0.3 is 14.3 Å². The summed E-state index contributed by atoms with van der Waals surface area (Å²) in [6.07, 6.45) is 1.65. The van der Waals surface area contributed by atoms with E-state index in [1.807, 2.05) is 43.3 Å². The predicted octanol–water partition coefficient (Wildman–Crippen LogP) is 4.11. The Kier molecular flexibility index (Phi) is 3.49. The van der Waals surface area contributed by atoms with Crippen LogP contribution in [0.2, 0.25) is 0 Å². The molecule has 1 N–H and O–H groups in total. The van der Waals surface area contributed by atoms with E-state index in [2.05, 4.69) is 15.5 Å². The molecule has 3 aromatic heterocycles. The van der Waals surface area contributed by atoms with E-state index in [-0.39, 0.29) is 0 Å². The van der Waals surface area contributed by atoms with Crippen LogP contribution in [0.1, 0.15) is 17.2 Å². The number of rotatable bonds is 4. The molecule has 0 aliphatic carbocycles. The van der Waals surface area contributed by atoms with Gasteiger partial charge in [0.25, 0.3) is 0 Å². The van der Waals surface area contributed by atoms with Gasteiger partial charge in [-0.15, -0.1) is 0 Å². The van der Waals surface area contributed by atoms with Crippen LogP contribution < -0.4 is 5.32 Å². The van der Waals surface area contributed by atoms with Crippen molar-refractivity contribution in [2.75, 3.05) is 5.32 Å². The van der Waals surface area contributed by atoms with Crippen molar-refractivity contribution in [2.45, 2.75) is 20.4 Å². The van der Waals surface area contributed by atoms with Crippen molar-refractivity contribution < 1.29 is 8.94 Å². The molecular formula is C18H16N4O2. The molecule has 0 aliphatic rings. The third-order valence-corrected chi connectivity index (χ3v) is 3.83. The topological polar surface area (TPSA) is 77.0 Å². The summed E-state index contributed by atoms with van der Waals surface area (Å²) in [6, 6.07) is 11.9. The van der Waals surface area contributed by atoms with Crippen LogP contribution in [0.15, 0.2) is 51.6 Å². The van der Waals surface area contributed by atoms with Crippen molar-refractivity contribution in [2.24, 2.45) is 0 Å². The molecular weight excluding hydrogens is 304 g/mol. The van der Waals surface area contributed by atoms with Crippen LogP contribution >= 0.6 is 0 Å². The highest BCUT2D eigenvalue weighted by Gasteiger charge is 2.15. The maximum atomic E-state index is 5.38. The average molecular weight is 320 g/mol. The lowest BCUT2D eigenvalue weighted by molar-refractivity contribution is 0.394. The van der Waals surface area contributed by atoms with Crippen LogP contribution in [0.25, 0.3) is 22.3 Å². The molecule has 0 aliphatic heterocycles. The number of anilines is 1. The number of benzene rings is 1. The Morgan fingerprint density at radius 2 is 2.00 bits per heavy atom. The summed E-state index contributed by atoms with van der Waals surface area (Å²) in [7, 11) is 0. The summed E-state index contributed by atoms with van der Waals surface area (Å²) in [6.45, 7) is 4.34. The molecule has 1 aromatic carbocycles. The van der Waals surface area contributed by atoms with Gasteiger partial charge in [0.05, 0.1) is 23.9 Å². The van der Waals surface area contributed by atoms with E-state index in [1.165, 1.54) is 0 Å². The maximum Gasteiger partial charge on any atom is 0.223 e. The smallest absolute Gasteiger partial charge is 0.223 e. The van der Waals surface area contributed by atoms with Gasteiger partial charge >= 0.3 is 0 Å². The van der Waals surface area contributed by atoms with Crippen LogP contribution in [0.5, 0.6) is 0 Å². The molecule has 4 rings (SSSR count). The molecule has 6 heteroatoms. The molecule has 0 fully saturated rings. The Labute approximate surface area is 138 Å². The molecule has 24 heavy (non-hydrogen) atoms. The molecule has 3 heterocycles. The van der Waals surface area contributed by atoms with Gasteiger partial charge in [-0.2, -0.15) is 4.98 Å². The predicted molar refractivity (Wildman–Crippen MR) is 90.5 cm³/mol. The quantitative estimate of drug-likeness (QED) is 0.610. The fourth-order valence-electron chi connectivity index (χ4n) is 2.64. The van der Waals surface area contributed by atoms with E-state index in [0.29, 0.717) is 24.1 Å². The first-order valence-corrected chi connectivity index (χ1v) is 7.68. The molecule has 0 amide bonds. The zero-order chi connectivity index (χ0) is 16.5. The number of aromatic nitrogens is 3. The molecule has 0 unspecified atom stereocenters. The van der Waals surface area contributed by atoms with Gasteiger partial charge in [0.2, 0.25) is 11.7 Å². The normalized spacial score (nSPS) is 11.1. The first kappa shape index (κ1) is 14.4. The van der Waals surface area contributed by atoms with Crippen molar-refractivity contribution in [3.8, 4) is 11.4 Å². The third kappa shape index (κ3) is 2.62. The fourth-order valence-corrected chi connectivity index (χ4v) is 2.64. The molecule has 6 nitrogen and oxygen atoms in total. The van der Waals surface area contributed by atoms with E-state index < -0.39 is 0 Å². The van der Waals surface area contributed by atoms with E-state index in [4.69, 9.17) is 13.9 Å². The van der Waals surface area contributed by atoms with Gasteiger partial charge in [0.1, 0.15) is 11.6 Å². The second kappa shape index (κ2) is 5.81. The minimum absolute atomic E-state index is 0.519. The lowest BCUT2D eigenvalue weighted by atomic mass is 10.1. The van der Waals surface area contributed by atoms with Gasteiger partial charge in [0, 0.05) is 12.3 Å². The molecule has 4 aromatic rings. The number of aryl methyl sites for hydroxylation is 2. The van der Waals surface area contributed by atoms with Gasteiger partial charge in [-0.3, -0.25) is 0 Å². The Balaban J connectivity index is 1.82. The zero-order valence-electron chi connectivity index (χ0n) is 13.4. The highest BCUT2D eigenvalue weighted by molar-refractivity contribution is 5.89. The van der Waals surface area contributed by atoms with Gasteiger partial charge in [-0.1, -0.05) is 23.4 Å². The van der Waals surface area contributed by atoms with Crippen LogP contribution in [0.3, 0.4) is 0 Å². The van der Waals surface area contributed by atoms with Crippen LogP contribution in [0, 0.1) is 13.8 Å². The number of pyridine rings is 1. The second-order valence-electron chi connectivity index (χ2n) is 5.60. The minimum Gasteiger partial charge on any atom is -0.467 e. The first-order valence-electron chi connectivity index (χ1n) is 7.68. The van der Waals surface area contributed by atoms with E-state index in [1.54, 1.807) is 13.2 Å². The van der Waals surface area contributed by atoms with Crippen molar-refractivity contribution in [1.82, 2.24) is 15.1 Å². The Hall–Kier alpha value is -3.15. The van der Waals surface area contributed by atoms with Gasteiger partial charge in [0.15, 0.2) is 0 Å².